The van der Waals surface area contributed by atoms with Gasteiger partial charge >= 0.3 is 6.09 Å². The first-order valence-electron chi connectivity index (χ1n) is 17.6. The van der Waals surface area contributed by atoms with Crippen LogP contribution in [0.5, 0.6) is 5.75 Å². The number of rotatable bonds is 9. The Kier molecular flexibility index (Phi) is 10.3. The highest BCUT2D eigenvalue weighted by Gasteiger charge is 2.40. The Hall–Kier alpha value is -3.59. The monoisotopic (exact) mass is 740 g/mol. The molecule has 0 radical (unpaired) electrons. The number of carbonyl (C=O) groups is 1. The number of amides is 1. The van der Waals surface area contributed by atoms with Gasteiger partial charge in [-0.05, 0) is 76.9 Å². The van der Waals surface area contributed by atoms with Crippen molar-refractivity contribution in [3.05, 3.63) is 59.0 Å². The van der Waals surface area contributed by atoms with Crippen LogP contribution in [0.3, 0.4) is 0 Å². The fraction of sp³-hybridized carbons (Fsp3) is 0.583. The van der Waals surface area contributed by atoms with Crippen LogP contribution in [0.4, 0.5) is 9.18 Å². The Balaban J connectivity index is 1.19. The number of nitrogens with zero attached hydrogens (tertiary/aromatic N) is 8. The van der Waals surface area contributed by atoms with Crippen molar-refractivity contribution in [3.63, 3.8) is 0 Å². The van der Waals surface area contributed by atoms with Gasteiger partial charge in [0.2, 0.25) is 0 Å². The smallest absolute Gasteiger partial charge is 0.410 e. The summed E-state index contributed by atoms with van der Waals surface area (Å²) in [5, 5.41) is 14.1. The third-order valence-electron chi connectivity index (χ3n) is 10.4. The van der Waals surface area contributed by atoms with E-state index in [0.717, 1.165) is 42.9 Å². The van der Waals surface area contributed by atoms with Gasteiger partial charge in [0.1, 0.15) is 28.4 Å². The highest BCUT2D eigenvalue weighted by atomic mass is 35.5. The molecule has 1 aliphatic heterocycles. The third-order valence-corrected chi connectivity index (χ3v) is 15.2. The number of halogens is 2. The molecule has 0 N–H and O–H groups in total. The first-order valence-corrected chi connectivity index (χ1v) is 20.9. The Bertz CT molecular complexity index is 1860. The molecule has 2 aliphatic rings. The molecule has 1 saturated carbocycles. The van der Waals surface area contributed by atoms with Crippen molar-refractivity contribution in [3.8, 4) is 17.0 Å². The molecule has 15 heteroatoms. The zero-order valence-electron chi connectivity index (χ0n) is 31.1. The Morgan fingerprint density at radius 3 is 2.39 bits per heavy atom. The van der Waals surface area contributed by atoms with Gasteiger partial charge in [0.25, 0.3) is 0 Å². The summed E-state index contributed by atoms with van der Waals surface area (Å²) in [6.07, 6.45) is 5.67. The van der Waals surface area contributed by atoms with Crippen molar-refractivity contribution in [1.29, 1.82) is 0 Å². The zero-order chi connectivity index (χ0) is 36.9. The highest BCUT2D eigenvalue weighted by Crippen LogP contribution is 2.41. The molecule has 12 nitrogen and oxygen atoms in total. The summed E-state index contributed by atoms with van der Waals surface area (Å²) < 4.78 is 36.4. The van der Waals surface area contributed by atoms with Gasteiger partial charge in [-0.2, -0.15) is 5.10 Å². The average Bonchev–Trinajstić information content (AvgIpc) is 3.60. The fourth-order valence-corrected chi connectivity index (χ4v) is 7.51. The van der Waals surface area contributed by atoms with Crippen LogP contribution >= 0.6 is 11.6 Å². The van der Waals surface area contributed by atoms with Crippen LogP contribution in [0.1, 0.15) is 77.9 Å². The second-order valence-electron chi connectivity index (χ2n) is 16.2. The van der Waals surface area contributed by atoms with Crippen molar-refractivity contribution >= 4 is 31.5 Å². The quantitative estimate of drug-likeness (QED) is 0.161. The van der Waals surface area contributed by atoms with E-state index in [1.807, 2.05) is 44.6 Å². The van der Waals surface area contributed by atoms with Crippen molar-refractivity contribution in [2.75, 3.05) is 32.8 Å². The van der Waals surface area contributed by atoms with E-state index < -0.39 is 25.8 Å². The van der Waals surface area contributed by atoms with Crippen LogP contribution in [0.15, 0.2) is 36.8 Å². The highest BCUT2D eigenvalue weighted by molar-refractivity contribution is 6.74. The number of pyridine rings is 2. The van der Waals surface area contributed by atoms with E-state index in [9.17, 15) is 9.18 Å². The molecule has 1 saturated heterocycles. The van der Waals surface area contributed by atoms with Crippen molar-refractivity contribution in [2.45, 2.75) is 103 Å². The van der Waals surface area contributed by atoms with Crippen LogP contribution in [-0.4, -0.2) is 98.2 Å². The summed E-state index contributed by atoms with van der Waals surface area (Å²) in [6.45, 7) is 21.8. The lowest BCUT2D eigenvalue weighted by atomic mass is 9.85. The number of carbonyl (C=O) groups excluding carboxylic acids is 1. The molecule has 276 valence electrons. The third kappa shape index (κ3) is 8.08. The summed E-state index contributed by atoms with van der Waals surface area (Å²) in [6, 6.07) is 5.55. The molecule has 5 heterocycles. The molecule has 0 bridgehead atoms. The van der Waals surface area contributed by atoms with Crippen molar-refractivity contribution in [1.82, 2.24) is 39.4 Å². The summed E-state index contributed by atoms with van der Waals surface area (Å²) in [5.41, 5.74) is 3.07. The number of piperazine rings is 1. The molecule has 0 aromatic carbocycles. The van der Waals surface area contributed by atoms with Gasteiger partial charge < -0.3 is 18.8 Å². The fourth-order valence-electron chi connectivity index (χ4n) is 6.29. The molecule has 4 aromatic rings. The first kappa shape index (κ1) is 37.2. The molecule has 1 unspecified atom stereocenters. The maximum Gasteiger partial charge on any atom is 0.410 e. The van der Waals surface area contributed by atoms with Crippen LogP contribution in [0, 0.1) is 12.7 Å². The molecule has 51 heavy (non-hydrogen) atoms. The van der Waals surface area contributed by atoms with Crippen molar-refractivity contribution < 1.29 is 23.1 Å². The van der Waals surface area contributed by atoms with E-state index in [4.69, 9.17) is 25.5 Å². The Morgan fingerprint density at radius 1 is 1.06 bits per heavy atom. The molecule has 2 fully saturated rings. The summed E-state index contributed by atoms with van der Waals surface area (Å²) >= 11 is 6.65. The normalized spacial score (nSPS) is 19.6. The number of hydrogen-bond donors (Lipinski definition) is 0. The zero-order valence-corrected chi connectivity index (χ0v) is 32.9. The second kappa shape index (κ2) is 14.1. The lowest BCUT2D eigenvalue weighted by Gasteiger charge is -2.46. The van der Waals surface area contributed by atoms with Crippen LogP contribution in [-0.2, 0) is 9.16 Å². The average molecular weight is 741 g/mol. The molecule has 6 rings (SSSR count). The van der Waals surface area contributed by atoms with E-state index in [1.54, 1.807) is 21.7 Å². The summed E-state index contributed by atoms with van der Waals surface area (Å²) in [5.74, 6) is 0.0521. The Morgan fingerprint density at radius 2 is 1.76 bits per heavy atom. The van der Waals surface area contributed by atoms with Gasteiger partial charge in [0.15, 0.2) is 14.4 Å². The standard InChI is InChI=1S/C36H50ClFN8O4Si/c1-23-32(41-42-46(23)27-17-26(18-27)43-12-14-44(15-13-43)34(47)50-35(2,3)4)24-16-30(33-28(37)20-40-45(33)21-24)49-31(29-11-10-25(38)19-39-29)22-48-51(8,9)36(5,6)7/h10-11,16,19-21,26-27,31H,12-15,17-18,22H2,1-9H3/t26-,27+,31?. The minimum atomic E-state index is -2.16. The molecular formula is C36H50ClFN8O4Si. The molecular weight excluding hydrogens is 691 g/mol. The van der Waals surface area contributed by atoms with Crippen LogP contribution in [0.25, 0.3) is 16.8 Å². The van der Waals surface area contributed by atoms with Crippen LogP contribution in [0.2, 0.25) is 23.2 Å². The summed E-state index contributed by atoms with van der Waals surface area (Å²) in [7, 11) is -2.16. The molecule has 4 aromatic heterocycles. The van der Waals surface area contributed by atoms with Gasteiger partial charge in [-0.25, -0.2) is 18.4 Å². The first-order chi connectivity index (χ1) is 23.9. The second-order valence-corrected chi connectivity index (χ2v) is 21.4. The van der Waals surface area contributed by atoms with Crippen LogP contribution < -0.4 is 4.74 Å². The van der Waals surface area contributed by atoms with E-state index in [0.29, 0.717) is 41.1 Å². The van der Waals surface area contributed by atoms with E-state index in [1.165, 1.54) is 12.3 Å². The van der Waals surface area contributed by atoms with Gasteiger partial charge in [-0.1, -0.05) is 37.6 Å². The lowest BCUT2D eigenvalue weighted by molar-refractivity contribution is -0.00173. The number of hydrogen-bond acceptors (Lipinski definition) is 9. The molecule has 1 atom stereocenters. The van der Waals surface area contributed by atoms with Crippen molar-refractivity contribution in [2.24, 2.45) is 0 Å². The van der Waals surface area contributed by atoms with Gasteiger partial charge in [0.05, 0.1) is 41.5 Å². The van der Waals surface area contributed by atoms with Gasteiger partial charge in [0, 0.05) is 44.0 Å². The molecule has 1 aliphatic carbocycles. The maximum atomic E-state index is 13.9. The molecule has 1 amide bonds. The SMILES string of the molecule is Cc1c(-c2cc(OC(CO[Si](C)(C)C(C)(C)C)c3ccc(F)cn3)c3c(Cl)cnn3c2)nnn1[C@H]1C[C@@H](N2CCN(C(=O)OC(C)(C)C)CC2)C1. The topological polar surface area (TPSA) is 112 Å². The summed E-state index contributed by atoms with van der Waals surface area (Å²) in [4.78, 5) is 21.1. The van der Waals surface area contributed by atoms with Gasteiger partial charge in [-0.15, -0.1) is 5.10 Å². The largest absolute Gasteiger partial charge is 0.479 e. The van der Waals surface area contributed by atoms with Gasteiger partial charge in [-0.3, -0.25) is 9.88 Å². The lowest BCUT2D eigenvalue weighted by Crippen LogP contribution is -2.55. The number of aromatic nitrogens is 6. The molecule has 0 spiro atoms. The number of ether oxygens (including phenoxy) is 2. The Labute approximate surface area is 305 Å². The predicted octanol–water partition coefficient (Wildman–Crippen LogP) is 7.49. The van der Waals surface area contributed by atoms with E-state index >= 15 is 0 Å². The minimum absolute atomic E-state index is 0.0176. The predicted molar refractivity (Wildman–Crippen MR) is 196 cm³/mol. The number of fused-ring (bicyclic) bond motifs is 1. The van der Waals surface area contributed by atoms with E-state index in [2.05, 4.69) is 59.2 Å². The van der Waals surface area contributed by atoms with E-state index in [-0.39, 0.29) is 23.8 Å². The minimum Gasteiger partial charge on any atom is -0.479 e. The maximum absolute atomic E-state index is 13.9.